The lowest BCUT2D eigenvalue weighted by atomic mass is 10.1. The minimum Gasteiger partial charge on any atom is -0.467 e. The van der Waals surface area contributed by atoms with E-state index in [1.54, 1.807) is 25.4 Å². The molecule has 0 bridgehead atoms. The molecule has 4 nitrogen and oxygen atoms in total. The van der Waals surface area contributed by atoms with E-state index >= 15 is 0 Å². The zero-order valence-corrected chi connectivity index (χ0v) is 11.5. The summed E-state index contributed by atoms with van der Waals surface area (Å²) >= 11 is 6.00. The molecular weight excluding hydrogens is 264 g/mol. The molecule has 1 aromatic carbocycles. The van der Waals surface area contributed by atoms with E-state index in [4.69, 9.17) is 16.0 Å². The van der Waals surface area contributed by atoms with E-state index in [-0.39, 0.29) is 11.9 Å². The number of carbonyl (C=O) groups is 1. The third kappa shape index (κ3) is 3.09. The molecule has 0 aliphatic heterocycles. The molecule has 2 N–H and O–H groups in total. The summed E-state index contributed by atoms with van der Waals surface area (Å²) < 4.78 is 5.32. The topological polar surface area (TPSA) is 54.3 Å². The van der Waals surface area contributed by atoms with Crippen LogP contribution in [-0.2, 0) is 0 Å². The van der Waals surface area contributed by atoms with Gasteiger partial charge in [-0.1, -0.05) is 11.6 Å². The van der Waals surface area contributed by atoms with Gasteiger partial charge >= 0.3 is 0 Å². The van der Waals surface area contributed by atoms with Gasteiger partial charge in [-0.25, -0.2) is 0 Å². The fourth-order valence-corrected chi connectivity index (χ4v) is 1.99. The summed E-state index contributed by atoms with van der Waals surface area (Å²) in [5.74, 6) is 0.621. The van der Waals surface area contributed by atoms with Crippen molar-refractivity contribution >= 4 is 23.2 Å². The van der Waals surface area contributed by atoms with Gasteiger partial charge in [0, 0.05) is 12.7 Å². The number of carbonyl (C=O) groups excluding carboxylic acids is 1. The van der Waals surface area contributed by atoms with E-state index in [2.05, 4.69) is 10.6 Å². The maximum absolute atomic E-state index is 11.7. The SMILES string of the molecule is CNC(=O)c1cc(NC(C)c2ccco2)ccc1Cl. The summed E-state index contributed by atoms with van der Waals surface area (Å²) in [4.78, 5) is 11.7. The minimum absolute atomic E-state index is 0.00807. The smallest absolute Gasteiger partial charge is 0.252 e. The summed E-state index contributed by atoms with van der Waals surface area (Å²) in [7, 11) is 1.57. The first-order chi connectivity index (χ1) is 9.11. The average molecular weight is 279 g/mol. The second kappa shape index (κ2) is 5.80. The van der Waals surface area contributed by atoms with Gasteiger partial charge < -0.3 is 15.1 Å². The van der Waals surface area contributed by atoms with Crippen LogP contribution < -0.4 is 10.6 Å². The van der Waals surface area contributed by atoms with Crippen LogP contribution in [0, 0.1) is 0 Å². The van der Waals surface area contributed by atoms with E-state index in [1.807, 2.05) is 25.1 Å². The Morgan fingerprint density at radius 2 is 2.16 bits per heavy atom. The predicted molar refractivity (Wildman–Crippen MR) is 75.6 cm³/mol. The highest BCUT2D eigenvalue weighted by Crippen LogP contribution is 2.24. The Kier molecular flexibility index (Phi) is 4.12. The fraction of sp³-hybridized carbons (Fsp3) is 0.214. The number of anilines is 1. The van der Waals surface area contributed by atoms with Crippen LogP contribution >= 0.6 is 11.6 Å². The second-order valence-electron chi connectivity index (χ2n) is 4.16. The van der Waals surface area contributed by atoms with Crippen molar-refractivity contribution in [3.05, 3.63) is 52.9 Å². The molecular formula is C14H15ClN2O2. The summed E-state index contributed by atoms with van der Waals surface area (Å²) in [5.41, 5.74) is 1.26. The number of hydrogen-bond acceptors (Lipinski definition) is 3. The number of rotatable bonds is 4. The molecule has 0 saturated carbocycles. The molecule has 19 heavy (non-hydrogen) atoms. The molecule has 1 heterocycles. The molecule has 0 saturated heterocycles. The Balaban J connectivity index is 2.19. The van der Waals surface area contributed by atoms with E-state index in [0.29, 0.717) is 10.6 Å². The molecule has 1 amide bonds. The van der Waals surface area contributed by atoms with Crippen LogP contribution in [0.3, 0.4) is 0 Å². The van der Waals surface area contributed by atoms with Gasteiger partial charge in [0.05, 0.1) is 22.9 Å². The van der Waals surface area contributed by atoms with Crippen LogP contribution in [0.1, 0.15) is 29.1 Å². The van der Waals surface area contributed by atoms with Crippen molar-refractivity contribution in [3.8, 4) is 0 Å². The number of halogens is 1. The number of hydrogen-bond donors (Lipinski definition) is 2. The lowest BCUT2D eigenvalue weighted by molar-refractivity contribution is 0.0963. The van der Waals surface area contributed by atoms with Gasteiger partial charge in [0.25, 0.3) is 5.91 Å². The van der Waals surface area contributed by atoms with Gasteiger partial charge in [0.1, 0.15) is 5.76 Å². The molecule has 0 aliphatic carbocycles. The molecule has 5 heteroatoms. The first-order valence-corrected chi connectivity index (χ1v) is 6.31. The maximum atomic E-state index is 11.7. The highest BCUT2D eigenvalue weighted by atomic mass is 35.5. The van der Waals surface area contributed by atoms with E-state index in [0.717, 1.165) is 11.4 Å². The lowest BCUT2D eigenvalue weighted by Crippen LogP contribution is -2.18. The van der Waals surface area contributed by atoms with Crippen molar-refractivity contribution in [3.63, 3.8) is 0 Å². The molecule has 2 rings (SSSR count). The second-order valence-corrected chi connectivity index (χ2v) is 4.56. The van der Waals surface area contributed by atoms with Gasteiger partial charge in [-0.2, -0.15) is 0 Å². The number of furan rings is 1. The molecule has 0 fully saturated rings. The van der Waals surface area contributed by atoms with Gasteiger partial charge in [-0.3, -0.25) is 4.79 Å². The normalized spacial score (nSPS) is 11.9. The van der Waals surface area contributed by atoms with Gasteiger partial charge in [-0.05, 0) is 37.3 Å². The average Bonchev–Trinajstić information content (AvgIpc) is 2.94. The quantitative estimate of drug-likeness (QED) is 0.900. The third-order valence-electron chi connectivity index (χ3n) is 2.79. The largest absolute Gasteiger partial charge is 0.467 e. The Morgan fingerprint density at radius 1 is 1.37 bits per heavy atom. The predicted octanol–water partition coefficient (Wildman–Crippen LogP) is 3.47. The maximum Gasteiger partial charge on any atom is 0.252 e. The van der Waals surface area contributed by atoms with Crippen molar-refractivity contribution in [1.29, 1.82) is 0 Å². The monoisotopic (exact) mass is 278 g/mol. The van der Waals surface area contributed by atoms with E-state index in [1.165, 1.54) is 0 Å². The third-order valence-corrected chi connectivity index (χ3v) is 3.12. The van der Waals surface area contributed by atoms with Crippen LogP contribution in [0.5, 0.6) is 0 Å². The summed E-state index contributed by atoms with van der Waals surface area (Å²) in [5, 5.41) is 6.25. The van der Waals surface area contributed by atoms with Gasteiger partial charge in [-0.15, -0.1) is 0 Å². The Bertz CT molecular complexity index is 567. The first-order valence-electron chi connectivity index (χ1n) is 5.93. The Hall–Kier alpha value is -1.94. The first kappa shape index (κ1) is 13.5. The van der Waals surface area contributed by atoms with Crippen molar-refractivity contribution < 1.29 is 9.21 Å². The summed E-state index contributed by atoms with van der Waals surface area (Å²) in [6.45, 7) is 1.98. The van der Waals surface area contributed by atoms with Crippen molar-refractivity contribution in [2.75, 3.05) is 12.4 Å². The van der Waals surface area contributed by atoms with E-state index < -0.39 is 0 Å². The van der Waals surface area contributed by atoms with Crippen molar-refractivity contribution in [2.24, 2.45) is 0 Å². The number of amides is 1. The van der Waals surface area contributed by atoms with Crippen molar-refractivity contribution in [2.45, 2.75) is 13.0 Å². The van der Waals surface area contributed by atoms with Crippen LogP contribution in [0.2, 0.25) is 5.02 Å². The zero-order valence-electron chi connectivity index (χ0n) is 10.7. The van der Waals surface area contributed by atoms with Crippen LogP contribution in [0.25, 0.3) is 0 Å². The highest BCUT2D eigenvalue weighted by molar-refractivity contribution is 6.34. The van der Waals surface area contributed by atoms with Gasteiger partial charge in [0.15, 0.2) is 0 Å². The zero-order chi connectivity index (χ0) is 13.8. The molecule has 1 atom stereocenters. The molecule has 0 aliphatic rings. The highest BCUT2D eigenvalue weighted by Gasteiger charge is 2.12. The lowest BCUT2D eigenvalue weighted by Gasteiger charge is -2.14. The Morgan fingerprint density at radius 3 is 2.79 bits per heavy atom. The number of nitrogens with one attached hydrogen (secondary N) is 2. The molecule has 1 unspecified atom stereocenters. The van der Waals surface area contributed by atoms with Crippen LogP contribution in [0.15, 0.2) is 41.0 Å². The van der Waals surface area contributed by atoms with Crippen LogP contribution in [-0.4, -0.2) is 13.0 Å². The molecule has 2 aromatic rings. The molecule has 0 radical (unpaired) electrons. The van der Waals surface area contributed by atoms with E-state index in [9.17, 15) is 4.79 Å². The van der Waals surface area contributed by atoms with Gasteiger partial charge in [0.2, 0.25) is 0 Å². The number of benzene rings is 1. The fourth-order valence-electron chi connectivity index (χ4n) is 1.78. The molecule has 100 valence electrons. The van der Waals surface area contributed by atoms with Crippen LogP contribution in [0.4, 0.5) is 5.69 Å². The summed E-state index contributed by atoms with van der Waals surface area (Å²) in [6.07, 6.45) is 1.63. The summed E-state index contributed by atoms with van der Waals surface area (Å²) in [6, 6.07) is 8.99. The Labute approximate surface area is 116 Å². The molecule has 0 spiro atoms. The van der Waals surface area contributed by atoms with Crippen molar-refractivity contribution in [1.82, 2.24) is 5.32 Å². The molecule has 1 aromatic heterocycles. The minimum atomic E-state index is -0.209. The standard InChI is InChI=1S/C14H15ClN2O2/c1-9(13-4-3-7-19-13)17-10-5-6-12(15)11(8-10)14(18)16-2/h3-9,17H,1-2H3,(H,16,18).